The molecule has 0 unspecified atom stereocenters. The number of esters is 1. The second-order valence-corrected chi connectivity index (χ2v) is 4.04. The number of hydrogen-bond donors (Lipinski definition) is 2. The van der Waals surface area contributed by atoms with Gasteiger partial charge in [-0.05, 0) is 19.8 Å². The summed E-state index contributed by atoms with van der Waals surface area (Å²) in [6.45, 7) is 1.65. The lowest BCUT2D eigenvalue weighted by Gasteiger charge is -2.21. The zero-order chi connectivity index (χ0) is 13.5. The highest BCUT2D eigenvalue weighted by Crippen LogP contribution is 2.26. The Kier molecular flexibility index (Phi) is 5.57. The van der Waals surface area contributed by atoms with Crippen molar-refractivity contribution in [3.05, 3.63) is 0 Å². The molecule has 1 aliphatic rings. The van der Waals surface area contributed by atoms with Crippen molar-refractivity contribution in [1.29, 1.82) is 0 Å². The summed E-state index contributed by atoms with van der Waals surface area (Å²) in [5.74, 6) is -1.11. The van der Waals surface area contributed by atoms with E-state index in [4.69, 9.17) is 10.5 Å². The van der Waals surface area contributed by atoms with E-state index < -0.39 is 11.9 Å². The number of nitrogens with zero attached hydrogens (tertiary/aromatic N) is 1. The smallest absolute Gasteiger partial charge is 0.325 e. The van der Waals surface area contributed by atoms with Crippen LogP contribution < -0.4 is 11.1 Å². The summed E-state index contributed by atoms with van der Waals surface area (Å²) in [5, 5.41) is 2.39. The molecule has 0 aromatic heterocycles. The summed E-state index contributed by atoms with van der Waals surface area (Å²) < 4.78 is 4.81. The molecule has 7 nitrogen and oxygen atoms in total. The summed E-state index contributed by atoms with van der Waals surface area (Å²) in [6, 6.07) is 0.0942. The molecule has 0 spiro atoms. The molecule has 0 aromatic rings. The Morgan fingerprint density at radius 2 is 2.06 bits per heavy atom. The molecule has 102 valence electrons. The van der Waals surface area contributed by atoms with Crippen LogP contribution in [0.1, 0.15) is 19.8 Å². The third kappa shape index (κ3) is 4.70. The predicted octanol–water partition coefficient (Wildman–Crippen LogP) is -1.38. The standard InChI is InChI=1S/C11H19N3O4/c1-2-18-11(17)7-14(8-3-4-8)10(16)6-13-9(15)5-12/h8H,2-7,12H2,1H3,(H,13,15). The number of nitrogens with one attached hydrogen (secondary N) is 1. The molecule has 18 heavy (non-hydrogen) atoms. The maximum Gasteiger partial charge on any atom is 0.325 e. The monoisotopic (exact) mass is 257 g/mol. The summed E-state index contributed by atoms with van der Waals surface area (Å²) in [6.07, 6.45) is 1.77. The Hall–Kier alpha value is -1.63. The van der Waals surface area contributed by atoms with Crippen LogP contribution in [-0.2, 0) is 19.1 Å². The van der Waals surface area contributed by atoms with Gasteiger partial charge in [-0.25, -0.2) is 0 Å². The van der Waals surface area contributed by atoms with E-state index >= 15 is 0 Å². The van der Waals surface area contributed by atoms with Crippen molar-refractivity contribution in [3.8, 4) is 0 Å². The normalized spacial score (nSPS) is 13.9. The fraction of sp³-hybridized carbons (Fsp3) is 0.727. The molecule has 0 aromatic carbocycles. The van der Waals surface area contributed by atoms with Gasteiger partial charge in [0.25, 0.3) is 0 Å². The van der Waals surface area contributed by atoms with E-state index in [1.807, 2.05) is 0 Å². The SMILES string of the molecule is CCOC(=O)CN(C(=O)CNC(=O)CN)C1CC1. The van der Waals surface area contributed by atoms with Crippen LogP contribution in [0.2, 0.25) is 0 Å². The van der Waals surface area contributed by atoms with Gasteiger partial charge in [-0.1, -0.05) is 0 Å². The fourth-order valence-electron chi connectivity index (χ4n) is 1.50. The average Bonchev–Trinajstić information content (AvgIpc) is 3.17. The zero-order valence-electron chi connectivity index (χ0n) is 10.5. The van der Waals surface area contributed by atoms with Crippen LogP contribution in [0.5, 0.6) is 0 Å². The molecule has 7 heteroatoms. The number of amides is 2. The highest BCUT2D eigenvalue weighted by Gasteiger charge is 2.33. The number of rotatable bonds is 7. The largest absolute Gasteiger partial charge is 0.465 e. The number of nitrogens with two attached hydrogens (primary N) is 1. The molecule has 0 aliphatic heterocycles. The predicted molar refractivity (Wildman–Crippen MR) is 63.4 cm³/mol. The van der Waals surface area contributed by atoms with Crippen molar-refractivity contribution < 1.29 is 19.1 Å². The van der Waals surface area contributed by atoms with Gasteiger partial charge in [0, 0.05) is 6.04 Å². The molecule has 1 rings (SSSR count). The molecular formula is C11H19N3O4. The summed E-state index contributed by atoms with van der Waals surface area (Å²) >= 11 is 0. The molecule has 1 saturated carbocycles. The minimum Gasteiger partial charge on any atom is -0.465 e. The Morgan fingerprint density at radius 1 is 1.39 bits per heavy atom. The van der Waals surface area contributed by atoms with Crippen molar-refractivity contribution in [2.45, 2.75) is 25.8 Å². The van der Waals surface area contributed by atoms with Crippen LogP contribution in [-0.4, -0.2) is 55.0 Å². The minimum absolute atomic E-state index is 0.0597. The molecule has 1 fully saturated rings. The van der Waals surface area contributed by atoms with E-state index in [2.05, 4.69) is 5.32 Å². The third-order valence-electron chi connectivity index (χ3n) is 2.53. The highest BCUT2D eigenvalue weighted by atomic mass is 16.5. The third-order valence-corrected chi connectivity index (χ3v) is 2.53. The van der Waals surface area contributed by atoms with Crippen LogP contribution in [0.3, 0.4) is 0 Å². The van der Waals surface area contributed by atoms with E-state index in [-0.39, 0.29) is 38.2 Å². The van der Waals surface area contributed by atoms with Crippen LogP contribution in [0.15, 0.2) is 0 Å². The Labute approximate surface area is 106 Å². The van der Waals surface area contributed by atoms with Gasteiger partial charge < -0.3 is 20.7 Å². The molecule has 0 atom stereocenters. The van der Waals surface area contributed by atoms with Crippen molar-refractivity contribution in [1.82, 2.24) is 10.2 Å². The molecule has 0 bridgehead atoms. The molecule has 2 amide bonds. The van der Waals surface area contributed by atoms with Gasteiger partial charge >= 0.3 is 5.97 Å². The number of carbonyl (C=O) groups is 3. The topological polar surface area (TPSA) is 102 Å². The fourth-order valence-corrected chi connectivity index (χ4v) is 1.50. The van der Waals surface area contributed by atoms with Crippen molar-refractivity contribution in [2.75, 3.05) is 26.2 Å². The Morgan fingerprint density at radius 3 is 2.56 bits per heavy atom. The zero-order valence-corrected chi connectivity index (χ0v) is 10.5. The average molecular weight is 257 g/mol. The Bertz CT molecular complexity index is 328. The van der Waals surface area contributed by atoms with Gasteiger partial charge in [0.15, 0.2) is 0 Å². The molecule has 3 N–H and O–H groups in total. The molecule has 0 heterocycles. The number of carbonyl (C=O) groups excluding carboxylic acids is 3. The summed E-state index contributed by atoms with van der Waals surface area (Å²) in [4.78, 5) is 35.6. The lowest BCUT2D eigenvalue weighted by molar-refractivity contribution is -0.149. The number of hydrogen-bond acceptors (Lipinski definition) is 5. The van der Waals surface area contributed by atoms with Gasteiger partial charge in [-0.3, -0.25) is 14.4 Å². The van der Waals surface area contributed by atoms with Crippen molar-refractivity contribution in [2.24, 2.45) is 5.73 Å². The van der Waals surface area contributed by atoms with Crippen LogP contribution in [0, 0.1) is 0 Å². The highest BCUT2D eigenvalue weighted by molar-refractivity contribution is 5.88. The van der Waals surface area contributed by atoms with E-state index in [0.717, 1.165) is 12.8 Å². The summed E-state index contributed by atoms with van der Waals surface area (Å²) in [7, 11) is 0. The van der Waals surface area contributed by atoms with Gasteiger partial charge in [-0.15, -0.1) is 0 Å². The van der Waals surface area contributed by atoms with Gasteiger partial charge in [0.05, 0.1) is 19.7 Å². The van der Waals surface area contributed by atoms with Crippen LogP contribution in [0.4, 0.5) is 0 Å². The van der Waals surface area contributed by atoms with Gasteiger partial charge in [0.2, 0.25) is 11.8 Å². The van der Waals surface area contributed by atoms with Crippen LogP contribution in [0.25, 0.3) is 0 Å². The molecule has 0 saturated heterocycles. The van der Waals surface area contributed by atoms with Crippen LogP contribution >= 0.6 is 0 Å². The van der Waals surface area contributed by atoms with Gasteiger partial charge in [-0.2, -0.15) is 0 Å². The first-order chi connectivity index (χ1) is 8.58. The first-order valence-corrected chi connectivity index (χ1v) is 6.00. The van der Waals surface area contributed by atoms with Crippen molar-refractivity contribution >= 4 is 17.8 Å². The molecule has 0 radical (unpaired) electrons. The molecular weight excluding hydrogens is 238 g/mol. The van der Waals surface area contributed by atoms with E-state index in [9.17, 15) is 14.4 Å². The maximum atomic E-state index is 11.8. The van der Waals surface area contributed by atoms with E-state index in [0.29, 0.717) is 0 Å². The molecule has 1 aliphatic carbocycles. The van der Waals surface area contributed by atoms with E-state index in [1.165, 1.54) is 4.90 Å². The minimum atomic E-state index is -0.428. The quantitative estimate of drug-likeness (QED) is 0.547. The van der Waals surface area contributed by atoms with Gasteiger partial charge in [0.1, 0.15) is 6.54 Å². The number of ether oxygens (including phenoxy) is 1. The Balaban J connectivity index is 2.43. The lowest BCUT2D eigenvalue weighted by atomic mass is 10.4. The second kappa shape index (κ2) is 6.95. The summed E-state index contributed by atoms with van der Waals surface area (Å²) in [5.41, 5.74) is 5.12. The maximum absolute atomic E-state index is 11.8. The second-order valence-electron chi connectivity index (χ2n) is 4.04. The lowest BCUT2D eigenvalue weighted by Crippen LogP contribution is -2.45. The first-order valence-electron chi connectivity index (χ1n) is 6.00. The van der Waals surface area contributed by atoms with Crippen molar-refractivity contribution in [3.63, 3.8) is 0 Å². The first kappa shape index (κ1) is 14.4. The van der Waals surface area contributed by atoms with E-state index in [1.54, 1.807) is 6.92 Å².